The summed E-state index contributed by atoms with van der Waals surface area (Å²) in [5.74, 6) is 0.329. The van der Waals surface area contributed by atoms with Gasteiger partial charge in [-0.05, 0) is 12.5 Å². The lowest BCUT2D eigenvalue weighted by Gasteiger charge is -2.14. The van der Waals surface area contributed by atoms with E-state index in [1.54, 1.807) is 6.08 Å². The van der Waals surface area contributed by atoms with Gasteiger partial charge in [-0.15, -0.1) is 16.8 Å². The SMILES string of the molecule is C=CCn1c(SC(C(N)=O)c2ccccc2)nnc1-c1ccc(C)cc1. The van der Waals surface area contributed by atoms with Crippen LogP contribution in [0, 0.1) is 6.92 Å². The zero-order chi connectivity index (χ0) is 18.5. The summed E-state index contributed by atoms with van der Waals surface area (Å²) in [4.78, 5) is 12.0. The summed E-state index contributed by atoms with van der Waals surface area (Å²) < 4.78 is 1.95. The molecule has 6 heteroatoms. The van der Waals surface area contributed by atoms with Gasteiger partial charge in [0.15, 0.2) is 11.0 Å². The van der Waals surface area contributed by atoms with E-state index in [4.69, 9.17) is 5.73 Å². The van der Waals surface area contributed by atoms with Gasteiger partial charge in [0, 0.05) is 12.1 Å². The largest absolute Gasteiger partial charge is 0.368 e. The molecule has 1 atom stereocenters. The number of carbonyl (C=O) groups excluding carboxylic acids is 1. The van der Waals surface area contributed by atoms with Crippen LogP contribution in [0.15, 0.2) is 72.4 Å². The molecule has 5 nitrogen and oxygen atoms in total. The molecule has 1 heterocycles. The number of primary amides is 1. The van der Waals surface area contributed by atoms with Gasteiger partial charge in [-0.3, -0.25) is 9.36 Å². The monoisotopic (exact) mass is 364 g/mol. The average Bonchev–Trinajstić information content (AvgIpc) is 3.04. The van der Waals surface area contributed by atoms with Gasteiger partial charge in [-0.25, -0.2) is 0 Å². The Morgan fingerprint density at radius 2 is 1.88 bits per heavy atom. The van der Waals surface area contributed by atoms with Crippen LogP contribution in [-0.2, 0) is 11.3 Å². The van der Waals surface area contributed by atoms with Crippen molar-refractivity contribution < 1.29 is 4.79 Å². The summed E-state index contributed by atoms with van der Waals surface area (Å²) in [6, 6.07) is 17.5. The number of amides is 1. The number of nitrogens with two attached hydrogens (primary N) is 1. The van der Waals surface area contributed by atoms with Gasteiger partial charge in [-0.2, -0.15) is 0 Å². The van der Waals surface area contributed by atoms with Crippen molar-refractivity contribution >= 4 is 17.7 Å². The van der Waals surface area contributed by atoms with Gasteiger partial charge in [0.2, 0.25) is 5.91 Å². The first-order valence-electron chi connectivity index (χ1n) is 8.22. The number of aryl methyl sites for hydroxylation is 1. The third-order valence-electron chi connectivity index (χ3n) is 3.92. The van der Waals surface area contributed by atoms with E-state index in [1.165, 1.54) is 17.3 Å². The highest BCUT2D eigenvalue weighted by molar-refractivity contribution is 8.00. The second-order valence-corrected chi connectivity index (χ2v) is 6.95. The highest BCUT2D eigenvalue weighted by Gasteiger charge is 2.23. The number of hydrogen-bond donors (Lipinski definition) is 1. The van der Waals surface area contributed by atoms with Crippen LogP contribution in [0.25, 0.3) is 11.4 Å². The maximum atomic E-state index is 12.0. The van der Waals surface area contributed by atoms with E-state index >= 15 is 0 Å². The number of allylic oxidation sites excluding steroid dienone is 1. The van der Waals surface area contributed by atoms with Gasteiger partial charge in [-0.1, -0.05) is 78.0 Å². The average molecular weight is 364 g/mol. The molecule has 0 radical (unpaired) electrons. The second-order valence-electron chi connectivity index (χ2n) is 5.88. The fourth-order valence-corrected chi connectivity index (χ4v) is 3.61. The third kappa shape index (κ3) is 3.86. The molecular formula is C20H20N4OS. The van der Waals surface area contributed by atoms with Crippen molar-refractivity contribution in [3.8, 4) is 11.4 Å². The minimum atomic E-state index is -0.533. The molecule has 3 aromatic rings. The molecule has 26 heavy (non-hydrogen) atoms. The topological polar surface area (TPSA) is 73.8 Å². The summed E-state index contributed by atoms with van der Waals surface area (Å²) in [6.07, 6.45) is 1.78. The van der Waals surface area contributed by atoms with E-state index in [0.29, 0.717) is 11.7 Å². The second kappa shape index (κ2) is 8.01. The zero-order valence-corrected chi connectivity index (χ0v) is 15.3. The standard InChI is InChI=1S/C20H20N4OS/c1-3-13-24-19(16-11-9-14(2)10-12-16)22-23-20(24)26-17(18(21)25)15-7-5-4-6-8-15/h3-12,17H,1,13H2,2H3,(H2,21,25). The smallest absolute Gasteiger partial charge is 0.235 e. The molecule has 0 aliphatic carbocycles. The summed E-state index contributed by atoms with van der Waals surface area (Å²) >= 11 is 1.30. The van der Waals surface area contributed by atoms with Crippen LogP contribution in [0.2, 0.25) is 0 Å². The summed E-state index contributed by atoms with van der Waals surface area (Å²) in [6.45, 7) is 6.40. The van der Waals surface area contributed by atoms with Crippen molar-refractivity contribution in [1.29, 1.82) is 0 Å². The van der Waals surface area contributed by atoms with Crippen molar-refractivity contribution in [2.45, 2.75) is 23.9 Å². The van der Waals surface area contributed by atoms with Crippen molar-refractivity contribution in [3.63, 3.8) is 0 Å². The van der Waals surface area contributed by atoms with Crippen LogP contribution < -0.4 is 5.73 Å². The lowest BCUT2D eigenvalue weighted by molar-refractivity contribution is -0.117. The fourth-order valence-electron chi connectivity index (χ4n) is 2.61. The Morgan fingerprint density at radius 3 is 2.50 bits per heavy atom. The number of carbonyl (C=O) groups is 1. The number of hydrogen-bond acceptors (Lipinski definition) is 4. The van der Waals surface area contributed by atoms with Crippen LogP contribution in [0.1, 0.15) is 16.4 Å². The molecule has 1 aromatic heterocycles. The van der Waals surface area contributed by atoms with Crippen molar-refractivity contribution in [2.24, 2.45) is 5.73 Å². The molecular weight excluding hydrogens is 344 g/mol. The van der Waals surface area contributed by atoms with Gasteiger partial charge < -0.3 is 5.73 Å². The van der Waals surface area contributed by atoms with Gasteiger partial charge in [0.05, 0.1) is 0 Å². The van der Waals surface area contributed by atoms with E-state index in [9.17, 15) is 4.79 Å². The first-order valence-corrected chi connectivity index (χ1v) is 9.10. The third-order valence-corrected chi connectivity index (χ3v) is 5.18. The van der Waals surface area contributed by atoms with E-state index in [0.717, 1.165) is 17.0 Å². The zero-order valence-electron chi connectivity index (χ0n) is 14.5. The Kier molecular flexibility index (Phi) is 5.53. The molecule has 1 unspecified atom stereocenters. The Morgan fingerprint density at radius 1 is 1.19 bits per heavy atom. The summed E-state index contributed by atoms with van der Waals surface area (Å²) in [5.41, 5.74) is 8.62. The minimum absolute atomic E-state index is 0.411. The molecule has 0 spiro atoms. The number of rotatable bonds is 7. The predicted molar refractivity (Wildman–Crippen MR) is 105 cm³/mol. The lowest BCUT2D eigenvalue weighted by atomic mass is 10.1. The quantitative estimate of drug-likeness (QED) is 0.512. The Labute approximate surface area is 156 Å². The molecule has 2 N–H and O–H groups in total. The van der Waals surface area contributed by atoms with Crippen molar-refractivity contribution in [2.75, 3.05) is 0 Å². The lowest BCUT2D eigenvalue weighted by Crippen LogP contribution is -2.19. The van der Waals surface area contributed by atoms with E-state index in [2.05, 4.69) is 16.8 Å². The number of nitrogens with zero attached hydrogens (tertiary/aromatic N) is 3. The number of benzene rings is 2. The molecule has 0 aliphatic rings. The Balaban J connectivity index is 1.98. The van der Waals surface area contributed by atoms with Crippen LogP contribution in [0.4, 0.5) is 0 Å². The molecule has 1 amide bonds. The van der Waals surface area contributed by atoms with Crippen LogP contribution in [-0.4, -0.2) is 20.7 Å². The van der Waals surface area contributed by atoms with E-state index < -0.39 is 11.2 Å². The van der Waals surface area contributed by atoms with Gasteiger partial charge in [0.25, 0.3) is 0 Å². The molecule has 0 aliphatic heterocycles. The molecule has 2 aromatic carbocycles. The normalized spacial score (nSPS) is 11.9. The molecule has 0 saturated carbocycles. The van der Waals surface area contributed by atoms with Crippen molar-refractivity contribution in [3.05, 3.63) is 78.4 Å². The van der Waals surface area contributed by atoms with E-state index in [-0.39, 0.29) is 0 Å². The molecule has 132 valence electrons. The molecule has 0 fully saturated rings. The molecule has 3 rings (SSSR count). The Bertz CT molecular complexity index is 903. The predicted octanol–water partition coefficient (Wildman–Crippen LogP) is 3.76. The first kappa shape index (κ1) is 17.9. The summed E-state index contributed by atoms with van der Waals surface area (Å²) in [7, 11) is 0. The van der Waals surface area contributed by atoms with Crippen LogP contribution in [0.3, 0.4) is 0 Å². The first-order chi connectivity index (χ1) is 12.6. The maximum Gasteiger partial charge on any atom is 0.235 e. The van der Waals surface area contributed by atoms with E-state index in [1.807, 2.05) is 66.1 Å². The van der Waals surface area contributed by atoms with Gasteiger partial charge in [0.1, 0.15) is 5.25 Å². The maximum absolute atomic E-state index is 12.0. The number of aromatic nitrogens is 3. The highest BCUT2D eigenvalue weighted by Crippen LogP contribution is 2.35. The minimum Gasteiger partial charge on any atom is -0.368 e. The van der Waals surface area contributed by atoms with Gasteiger partial charge >= 0.3 is 0 Å². The highest BCUT2D eigenvalue weighted by atomic mass is 32.2. The van der Waals surface area contributed by atoms with Crippen molar-refractivity contribution in [1.82, 2.24) is 14.8 Å². The Hall–Kier alpha value is -2.86. The van der Waals surface area contributed by atoms with Crippen LogP contribution in [0.5, 0.6) is 0 Å². The number of thioether (sulfide) groups is 1. The fraction of sp³-hybridized carbons (Fsp3) is 0.150. The molecule has 0 saturated heterocycles. The molecule has 0 bridgehead atoms. The summed E-state index contributed by atoms with van der Waals surface area (Å²) in [5, 5.41) is 8.73. The van der Waals surface area contributed by atoms with Crippen LogP contribution >= 0.6 is 11.8 Å².